The van der Waals surface area contributed by atoms with Crippen molar-refractivity contribution in [2.24, 2.45) is 0 Å². The Morgan fingerprint density at radius 2 is 0.396 bits per heavy atom. The van der Waals surface area contributed by atoms with Gasteiger partial charge >= 0.3 is 0 Å². The Kier molecular flexibility index (Phi) is 39.0. The molecule has 3 aliphatic carbocycles. The number of phenolic OH excluding ortho intramolecular Hbond substituents is 6. The molecule has 0 aliphatic heterocycles. The van der Waals surface area contributed by atoms with E-state index in [0.29, 0.717) is 66.0 Å². The van der Waals surface area contributed by atoms with Gasteiger partial charge < -0.3 is 30.6 Å². The van der Waals surface area contributed by atoms with Crippen LogP contribution in [0.1, 0.15) is 340 Å². The van der Waals surface area contributed by atoms with Gasteiger partial charge in [-0.3, -0.25) is 0 Å². The first-order valence-electron chi connectivity index (χ1n) is 53.4. The Labute approximate surface area is 893 Å². The molecular formula is C132H168O6S6. The van der Waals surface area contributed by atoms with Gasteiger partial charge in [0.1, 0.15) is 34.5 Å². The molecule has 0 unspecified atom stereocenters. The summed E-state index contributed by atoms with van der Waals surface area (Å²) in [5.41, 5.74) is 32.9. The minimum absolute atomic E-state index is 0.0216. The molecule has 12 aromatic carbocycles. The molecule has 0 bridgehead atoms. The summed E-state index contributed by atoms with van der Waals surface area (Å²) in [7, 11) is 0. The smallest absolute Gasteiger partial charge is 0.127 e. The fraction of sp³-hybridized carbons (Fsp3) is 0.455. The molecule has 3 saturated carbocycles. The third-order valence-electron chi connectivity index (χ3n) is 29.7. The average molecular weight is 2040 g/mol. The molecule has 0 saturated heterocycles. The normalized spacial score (nSPS) is 17.6. The summed E-state index contributed by atoms with van der Waals surface area (Å²) in [4.78, 5) is 0. The number of aromatic hydroxyl groups is 6. The van der Waals surface area contributed by atoms with Gasteiger partial charge in [-0.05, 0) is 227 Å². The molecule has 0 amide bonds. The molecule has 0 spiro atoms. The number of phenols is 6. The number of hydrogen-bond donors (Lipinski definition) is 6. The molecule has 12 heteroatoms. The van der Waals surface area contributed by atoms with Gasteiger partial charge in [0.2, 0.25) is 0 Å². The third-order valence-corrected chi connectivity index (χ3v) is 39.1. The molecule has 3 aliphatic rings. The van der Waals surface area contributed by atoms with E-state index < -0.39 is 0 Å². The lowest BCUT2D eigenvalue weighted by Gasteiger charge is -2.30. The number of rotatable bonds is 24. The van der Waals surface area contributed by atoms with E-state index in [0.717, 1.165) is 135 Å². The van der Waals surface area contributed by atoms with Crippen LogP contribution < -0.4 is 0 Å². The van der Waals surface area contributed by atoms with Crippen molar-refractivity contribution in [2.45, 2.75) is 380 Å². The Balaban J connectivity index is 0.000000181. The lowest BCUT2D eigenvalue weighted by Crippen LogP contribution is -2.22. The molecule has 768 valence electrons. The molecule has 144 heavy (non-hydrogen) atoms. The zero-order valence-corrected chi connectivity index (χ0v) is 96.3. The van der Waals surface area contributed by atoms with Gasteiger partial charge in [0.05, 0.1) is 0 Å². The van der Waals surface area contributed by atoms with E-state index in [1.807, 2.05) is 70.6 Å². The van der Waals surface area contributed by atoms with E-state index >= 15 is 0 Å². The van der Waals surface area contributed by atoms with Crippen LogP contribution in [-0.2, 0) is 67.0 Å². The van der Waals surface area contributed by atoms with Crippen LogP contribution in [0, 0.1) is 41.5 Å². The summed E-state index contributed by atoms with van der Waals surface area (Å²) in [6.45, 7) is 53.3. The molecule has 15 rings (SSSR count). The van der Waals surface area contributed by atoms with E-state index in [2.05, 4.69) is 385 Å². The van der Waals surface area contributed by atoms with Gasteiger partial charge in [0.25, 0.3) is 0 Å². The Morgan fingerprint density at radius 1 is 0.194 bits per heavy atom. The molecule has 3 fully saturated rings. The van der Waals surface area contributed by atoms with Crippen molar-refractivity contribution in [3.8, 4) is 101 Å². The maximum Gasteiger partial charge on any atom is 0.127 e. The highest BCUT2D eigenvalue weighted by atomic mass is 32.2. The summed E-state index contributed by atoms with van der Waals surface area (Å²) < 4.78 is 0. The highest BCUT2D eigenvalue weighted by Crippen LogP contribution is 2.52. The van der Waals surface area contributed by atoms with E-state index in [1.54, 1.807) is 0 Å². The SMILES string of the molecule is Cc1ccc(-c2cc(C(C)(C)C)cc(CS[C@H]3CCCCCC[C@@H]3SCc3cc(C(C)(C)C)cc(-c4ccc(C)cc4)c3O)c2O)cc1.Cc1cccc(-c2cc(C(C)(C)C)cc(CS[C@H]3CCCCCC[C@@H]3SCc3cc(C(C)(C)C)cc(-c4cccc(C)c4)c3O)c2O)c1.Cc1ccccc1-c1cc(C(C)(C)C)cc(CS[C@H]2CCCCCC[C@@H]2SCc2cc(C(C)(C)C)cc(-c3ccccc3C)c2O)c1O. The summed E-state index contributed by atoms with van der Waals surface area (Å²) in [6.07, 6.45) is 22.4. The predicted molar refractivity (Wildman–Crippen MR) is 635 cm³/mol. The van der Waals surface area contributed by atoms with Crippen molar-refractivity contribution in [3.63, 3.8) is 0 Å². The van der Waals surface area contributed by atoms with Gasteiger partial charge in [-0.25, -0.2) is 0 Å². The zero-order chi connectivity index (χ0) is 104. The van der Waals surface area contributed by atoms with Crippen LogP contribution in [0.2, 0.25) is 0 Å². The van der Waals surface area contributed by atoms with Crippen LogP contribution >= 0.6 is 70.6 Å². The van der Waals surface area contributed by atoms with Crippen LogP contribution in [0.4, 0.5) is 0 Å². The highest BCUT2D eigenvalue weighted by molar-refractivity contribution is 8.04. The molecule has 0 radical (unpaired) electrons. The molecule has 0 aromatic heterocycles. The maximum absolute atomic E-state index is 11.7. The second-order valence-electron chi connectivity index (χ2n) is 47.9. The topological polar surface area (TPSA) is 121 Å². The zero-order valence-electron chi connectivity index (χ0n) is 91.4. The quantitative estimate of drug-likeness (QED) is 0.0346. The Hall–Kier alpha value is -8.46. The summed E-state index contributed by atoms with van der Waals surface area (Å²) in [5.74, 6) is 7.27. The molecule has 6 atom stereocenters. The van der Waals surface area contributed by atoms with Crippen molar-refractivity contribution in [3.05, 3.63) is 319 Å². The van der Waals surface area contributed by atoms with Crippen LogP contribution in [0.25, 0.3) is 66.8 Å². The predicted octanol–water partition coefficient (Wildman–Crippen LogP) is 38.7. The molecule has 6 nitrogen and oxygen atoms in total. The van der Waals surface area contributed by atoms with Gasteiger partial charge in [-0.15, -0.1) is 0 Å². The molecule has 12 aromatic rings. The number of aryl methyl sites for hydroxylation is 6. The summed E-state index contributed by atoms with van der Waals surface area (Å²) >= 11 is 12.2. The highest BCUT2D eigenvalue weighted by Gasteiger charge is 2.34. The minimum atomic E-state index is -0.0239. The summed E-state index contributed by atoms with van der Waals surface area (Å²) in [5, 5.41) is 73.0. The van der Waals surface area contributed by atoms with Crippen LogP contribution in [-0.4, -0.2) is 62.1 Å². The molecule has 0 heterocycles. The first-order chi connectivity index (χ1) is 68.1. The standard InChI is InChI=1S/3C44H56O2S2/c1-29-17-13-15-19-35(29)37-25-33(43(3,4)5)23-31(41(37)45)27-47-39-21-11-9-10-12-22-40(39)48-28-32-24-34(44(6,7)8)26-38(42(32)46)36-20-16-14-18-30(36)2;1-29-15-13-17-31(21-29)37-25-35(43(3,4)5)23-33(41(37)45)27-47-39-19-11-9-10-12-20-40(39)48-28-34-24-36(44(6,7)8)26-38(42(34)46)32-18-14-16-30(2)22-32;1-29-15-19-31(20-16-29)37-25-35(43(3,4)5)23-33(41(37)45)27-47-39-13-11-9-10-12-14-40(39)48-28-34-24-36(44(6,7)8)26-38(42(34)46)32-21-17-30(2)18-22-32/h13-20,23-26,39-40,45-46H,9-12,21-22,27-28H2,1-8H3;13-18,21-26,39-40,45-46H,9-12,19-20,27-28H2,1-8H3;15-26,39-40,45-46H,9-14,27-28H2,1-8H3/t3*39-,40-/m000/s1. The lowest BCUT2D eigenvalue weighted by atomic mass is 9.83. The van der Waals surface area contributed by atoms with E-state index in [4.69, 9.17) is 0 Å². The van der Waals surface area contributed by atoms with Crippen molar-refractivity contribution in [1.82, 2.24) is 0 Å². The van der Waals surface area contributed by atoms with Crippen molar-refractivity contribution >= 4 is 70.6 Å². The lowest BCUT2D eigenvalue weighted by molar-refractivity contribution is 0.470. The van der Waals surface area contributed by atoms with E-state index in [9.17, 15) is 30.6 Å². The first-order valence-corrected chi connectivity index (χ1v) is 59.7. The van der Waals surface area contributed by atoms with Crippen molar-refractivity contribution in [2.75, 3.05) is 0 Å². The fourth-order valence-corrected chi connectivity index (χ4v) is 29.3. The average Bonchev–Trinajstić information content (AvgIpc) is 0.774. The van der Waals surface area contributed by atoms with Gasteiger partial charge in [-0.1, -0.05) is 406 Å². The van der Waals surface area contributed by atoms with E-state index in [1.165, 1.54) is 182 Å². The van der Waals surface area contributed by atoms with Gasteiger partial charge in [-0.2, -0.15) is 70.6 Å². The number of thioether (sulfide) groups is 6. The Bertz CT molecular complexity index is 5920. The first kappa shape index (κ1) is 113. The second kappa shape index (κ2) is 49.8. The van der Waals surface area contributed by atoms with Gasteiger partial charge in [0, 0.05) is 133 Å². The van der Waals surface area contributed by atoms with Crippen LogP contribution in [0.15, 0.2) is 218 Å². The largest absolute Gasteiger partial charge is 0.507 e. The van der Waals surface area contributed by atoms with Crippen molar-refractivity contribution < 1.29 is 30.6 Å². The molecule has 6 N–H and O–H groups in total. The number of hydrogen-bond acceptors (Lipinski definition) is 12. The summed E-state index contributed by atoms with van der Waals surface area (Å²) in [6, 6.07) is 77.4. The molecular weight excluding hydrogens is 1870 g/mol. The Morgan fingerprint density at radius 3 is 0.604 bits per heavy atom. The maximum atomic E-state index is 11.7. The van der Waals surface area contributed by atoms with Gasteiger partial charge in [0.15, 0.2) is 0 Å². The van der Waals surface area contributed by atoms with E-state index in [-0.39, 0.29) is 32.5 Å². The fourth-order valence-electron chi connectivity index (χ4n) is 20.1. The van der Waals surface area contributed by atoms with Crippen LogP contribution in [0.5, 0.6) is 34.5 Å². The van der Waals surface area contributed by atoms with Crippen molar-refractivity contribution in [1.29, 1.82) is 0 Å². The van der Waals surface area contributed by atoms with Crippen LogP contribution in [0.3, 0.4) is 0 Å². The third kappa shape index (κ3) is 30.2. The minimum Gasteiger partial charge on any atom is -0.507 e. The monoisotopic (exact) mass is 2040 g/mol. The number of benzene rings is 12. The second-order valence-corrected chi connectivity index (χ2v) is 55.2.